The predicted octanol–water partition coefficient (Wildman–Crippen LogP) is -5.41. The molecule has 0 saturated heterocycles. The number of hydrogen-bond acceptors (Lipinski definition) is 4. The van der Waals surface area contributed by atoms with Crippen LogP contribution in [0.3, 0.4) is 0 Å². The lowest BCUT2D eigenvalue weighted by atomic mass is 15.8. The van der Waals surface area contributed by atoms with Crippen molar-refractivity contribution < 1.29 is 40.5 Å². The summed E-state index contributed by atoms with van der Waals surface area (Å²) in [7, 11) is -9.33. The summed E-state index contributed by atoms with van der Waals surface area (Å²) in [5, 5.41) is 0. The molecule has 0 aliphatic heterocycles. The van der Waals surface area contributed by atoms with Crippen LogP contribution in [0, 0.1) is 0 Å². The second kappa shape index (κ2) is 14.5. The van der Waals surface area contributed by atoms with Crippen LogP contribution in [-0.4, -0.2) is 98.3 Å². The molecule has 0 atom stereocenters. The van der Waals surface area contributed by atoms with Crippen LogP contribution in [0.2, 0.25) is 0 Å². The van der Waals surface area contributed by atoms with E-state index in [1.807, 2.05) is 0 Å². The second-order valence-electron chi connectivity index (χ2n) is 0.896. The summed E-state index contributed by atoms with van der Waals surface area (Å²) in [4.78, 5) is 0. The van der Waals surface area contributed by atoms with Gasteiger partial charge in [-0.2, -0.15) is 16.8 Å². The molecule has 0 aromatic carbocycles. The molecular weight excluding hydrogens is 286 g/mol. The lowest BCUT2D eigenvalue weighted by molar-refractivity contribution is 0.378. The van der Waals surface area contributed by atoms with Crippen molar-refractivity contribution in [2.24, 2.45) is 0 Å². The fourth-order valence-corrected chi connectivity index (χ4v) is 0. The minimum atomic E-state index is -4.67. The van der Waals surface area contributed by atoms with Crippen LogP contribution in [0.15, 0.2) is 0 Å². The maximum atomic E-state index is 8.74. The summed E-state index contributed by atoms with van der Waals surface area (Å²) in [6.07, 6.45) is 0. The summed E-state index contributed by atoms with van der Waals surface area (Å²) < 4.78 is 63.2. The molecule has 0 aromatic rings. The van der Waals surface area contributed by atoms with Crippen molar-refractivity contribution in [2.45, 2.75) is 0 Å². The normalized spacial score (nSPS) is 8.29. The minimum Gasteiger partial charge on any atom is -0.412 e. The number of hydrogen-bond donors (Lipinski definition) is 4. The van der Waals surface area contributed by atoms with E-state index in [1.165, 1.54) is 0 Å². The van der Waals surface area contributed by atoms with Crippen molar-refractivity contribution in [3.63, 3.8) is 0 Å². The van der Waals surface area contributed by atoms with Crippen LogP contribution in [0.4, 0.5) is 0 Å². The van der Waals surface area contributed by atoms with Crippen LogP contribution < -0.4 is 0 Å². The Hall–Kier alpha value is 1.53. The largest absolute Gasteiger partial charge is 0.412 e. The van der Waals surface area contributed by atoms with Gasteiger partial charge in [0, 0.05) is 0 Å². The molecule has 0 saturated carbocycles. The highest BCUT2D eigenvalue weighted by Gasteiger charge is 1.85. The van der Waals surface area contributed by atoms with E-state index in [1.54, 1.807) is 0 Å². The quantitative estimate of drug-likeness (QED) is 0.252. The average Bonchev–Trinajstić information content (AvgIpc) is 1.12. The highest BCUT2D eigenvalue weighted by atomic mass is 32.3. The summed E-state index contributed by atoms with van der Waals surface area (Å²) in [6, 6.07) is 0. The van der Waals surface area contributed by atoms with Crippen molar-refractivity contribution in [1.82, 2.24) is 0 Å². The average molecular weight is 301 g/mol. The fraction of sp³-hybridized carbons (Fsp3) is 0. The zero-order valence-electron chi connectivity index (χ0n) is 4.74. The third-order valence-corrected chi connectivity index (χ3v) is 0. The van der Waals surface area contributed by atoms with E-state index in [0.717, 1.165) is 0 Å². The molecule has 14 heteroatoms. The van der Waals surface area contributed by atoms with E-state index in [4.69, 9.17) is 35.0 Å². The van der Waals surface area contributed by atoms with Crippen LogP contribution in [0.5, 0.6) is 0 Å². The van der Waals surface area contributed by atoms with E-state index in [-0.39, 0.29) is 63.3 Å². The monoisotopic (exact) mass is 300 g/mol. The van der Waals surface area contributed by atoms with Gasteiger partial charge in [-0.3, -0.25) is 18.2 Å². The Morgan fingerprint density at radius 3 is 0.643 bits per heavy atom. The zero-order valence-corrected chi connectivity index (χ0v) is 6.37. The topological polar surface area (TPSA) is 181 Å². The highest BCUT2D eigenvalue weighted by molar-refractivity contribution is 7.80. The molecule has 0 rings (SSSR count). The maximum absolute atomic E-state index is 8.74. The van der Waals surface area contributed by atoms with E-state index in [2.05, 4.69) is 0 Å². The number of rotatable bonds is 0. The lowest BCUT2D eigenvalue weighted by Crippen LogP contribution is -1.89. The van der Waals surface area contributed by atoms with Crippen LogP contribution in [-0.2, 0) is 20.8 Å². The zero-order chi connectivity index (χ0) is 9.00. The van der Waals surface area contributed by atoms with Gasteiger partial charge in [-0.05, 0) is 0 Å². The molecule has 0 heterocycles. The van der Waals surface area contributed by atoms with Gasteiger partial charge in [-0.1, -0.05) is 0 Å². The summed E-state index contributed by atoms with van der Waals surface area (Å²) >= 11 is 0. The van der Waals surface area contributed by atoms with E-state index in [0.29, 0.717) is 0 Å². The molecule has 0 unspecified atom stereocenters. The SMILES string of the molecule is O.O=S(=O)(O)O.O=S(=O)(O)O.[AlH3].[AlH3].[MgH2]. The highest BCUT2D eigenvalue weighted by Crippen LogP contribution is 1.59. The molecule has 0 fully saturated rings. The van der Waals surface area contributed by atoms with Crippen molar-refractivity contribution in [3.8, 4) is 0 Å². The first kappa shape index (κ1) is 36.1. The van der Waals surface area contributed by atoms with Crippen molar-refractivity contribution in [2.75, 3.05) is 0 Å². The van der Waals surface area contributed by atoms with Gasteiger partial charge in [-0.15, -0.1) is 0 Å². The van der Waals surface area contributed by atoms with Crippen LogP contribution >= 0.6 is 0 Å². The summed E-state index contributed by atoms with van der Waals surface area (Å²) in [5.74, 6) is 0. The first-order chi connectivity index (χ1) is 4.00. The maximum Gasteiger partial charge on any atom is 0.394 e. The Bertz CT molecular complexity index is 217. The lowest BCUT2D eigenvalue weighted by Gasteiger charge is -1.68. The molecular formula is H14Al2MgO9S2. The Morgan fingerprint density at radius 2 is 0.643 bits per heavy atom. The van der Waals surface area contributed by atoms with Gasteiger partial charge in [0.05, 0.1) is 0 Å². The Morgan fingerprint density at radius 1 is 0.643 bits per heavy atom. The standard InChI is InChI=1S/2Al.Mg.2H2O4S.H2O.8H/c;;;2*1-5(2,3)4;;;;;;;;;/h;;;2*(H2,1,2,3,4);1H2;;;;;;;;. The molecule has 0 aliphatic carbocycles. The summed E-state index contributed by atoms with van der Waals surface area (Å²) in [6.45, 7) is 0. The van der Waals surface area contributed by atoms with Crippen molar-refractivity contribution in [1.29, 1.82) is 0 Å². The Labute approximate surface area is 118 Å². The predicted molar refractivity (Wildman–Crippen MR) is 60.4 cm³/mol. The molecule has 88 valence electrons. The molecule has 14 heavy (non-hydrogen) atoms. The third kappa shape index (κ3) is 906. The molecule has 0 aliphatic rings. The summed E-state index contributed by atoms with van der Waals surface area (Å²) in [5.41, 5.74) is 0. The van der Waals surface area contributed by atoms with E-state index >= 15 is 0 Å². The molecule has 6 N–H and O–H groups in total. The van der Waals surface area contributed by atoms with Gasteiger partial charge in [0.1, 0.15) is 0 Å². The third-order valence-electron chi connectivity index (χ3n) is 0. The first-order valence-electron chi connectivity index (χ1n) is 1.40. The second-order valence-corrected chi connectivity index (χ2v) is 2.69. The molecule has 0 amide bonds. The minimum absolute atomic E-state index is 0. The van der Waals surface area contributed by atoms with Crippen molar-refractivity contribution in [3.05, 3.63) is 0 Å². The molecule has 9 nitrogen and oxygen atoms in total. The molecule has 0 spiro atoms. The van der Waals surface area contributed by atoms with Crippen LogP contribution in [0.1, 0.15) is 0 Å². The Balaban J connectivity index is -0.0000000178. The molecule has 0 bridgehead atoms. The van der Waals surface area contributed by atoms with E-state index in [9.17, 15) is 0 Å². The Kier molecular flexibility index (Phi) is 37.5. The molecule has 0 radical (unpaired) electrons. The van der Waals surface area contributed by atoms with Crippen molar-refractivity contribution >= 4 is 78.6 Å². The van der Waals surface area contributed by atoms with Crippen LogP contribution in [0.25, 0.3) is 0 Å². The first-order valence-corrected chi connectivity index (χ1v) is 4.19. The van der Waals surface area contributed by atoms with Gasteiger partial charge in [0.25, 0.3) is 0 Å². The van der Waals surface area contributed by atoms with Gasteiger partial charge in [-0.25, -0.2) is 0 Å². The van der Waals surface area contributed by atoms with Gasteiger partial charge in [0.2, 0.25) is 0 Å². The van der Waals surface area contributed by atoms with Gasteiger partial charge in [0.15, 0.2) is 34.7 Å². The van der Waals surface area contributed by atoms with E-state index < -0.39 is 20.8 Å². The smallest absolute Gasteiger partial charge is 0.394 e. The van der Waals surface area contributed by atoms with Gasteiger partial charge < -0.3 is 5.48 Å². The molecule has 0 aromatic heterocycles. The van der Waals surface area contributed by atoms with Gasteiger partial charge >= 0.3 is 43.9 Å². The fourth-order valence-electron chi connectivity index (χ4n) is 0.